The molecule has 2 aromatic heterocycles. The van der Waals surface area contributed by atoms with Gasteiger partial charge in [-0.15, -0.1) is 10.2 Å². The van der Waals surface area contributed by atoms with Crippen molar-refractivity contribution in [2.24, 2.45) is 0 Å². The van der Waals surface area contributed by atoms with Gasteiger partial charge >= 0.3 is 0 Å². The number of aromatic nitrogens is 3. The quantitative estimate of drug-likeness (QED) is 0.939. The van der Waals surface area contributed by atoms with E-state index in [9.17, 15) is 4.79 Å². The second kappa shape index (κ2) is 7.67. The third-order valence-corrected chi connectivity index (χ3v) is 3.95. The lowest BCUT2D eigenvalue weighted by Gasteiger charge is -2.19. The zero-order chi connectivity index (χ0) is 15.9. The number of anilines is 1. The summed E-state index contributed by atoms with van der Waals surface area (Å²) in [5.41, 5.74) is 1.34. The summed E-state index contributed by atoms with van der Waals surface area (Å²) in [4.78, 5) is 18.6. The SMILES string of the molecule is O=C(c1ccc(NCc2ccccn2)nn1)N1CCCCCC1. The molecule has 120 valence electrons. The van der Waals surface area contributed by atoms with Crippen molar-refractivity contribution in [3.05, 3.63) is 47.9 Å². The minimum absolute atomic E-state index is 0.0179. The van der Waals surface area contributed by atoms with Crippen LogP contribution >= 0.6 is 0 Å². The maximum Gasteiger partial charge on any atom is 0.274 e. The molecule has 3 rings (SSSR count). The molecular weight excluding hydrogens is 290 g/mol. The Morgan fingerprint density at radius 1 is 1.04 bits per heavy atom. The highest BCUT2D eigenvalue weighted by Crippen LogP contribution is 2.13. The van der Waals surface area contributed by atoms with Crippen molar-refractivity contribution in [1.82, 2.24) is 20.1 Å². The number of nitrogens with one attached hydrogen (secondary N) is 1. The van der Waals surface area contributed by atoms with Gasteiger partial charge in [0, 0.05) is 19.3 Å². The van der Waals surface area contributed by atoms with E-state index in [0.29, 0.717) is 18.1 Å². The number of carbonyl (C=O) groups is 1. The molecule has 0 atom stereocenters. The number of hydrogen-bond acceptors (Lipinski definition) is 5. The van der Waals surface area contributed by atoms with Crippen LogP contribution in [-0.2, 0) is 6.54 Å². The summed E-state index contributed by atoms with van der Waals surface area (Å²) in [7, 11) is 0. The first-order valence-electron chi connectivity index (χ1n) is 8.10. The van der Waals surface area contributed by atoms with Crippen molar-refractivity contribution < 1.29 is 4.79 Å². The third-order valence-electron chi connectivity index (χ3n) is 3.95. The molecule has 0 saturated carbocycles. The fourth-order valence-electron chi connectivity index (χ4n) is 2.66. The summed E-state index contributed by atoms with van der Waals surface area (Å²) in [6, 6.07) is 9.30. The lowest BCUT2D eigenvalue weighted by molar-refractivity contribution is 0.0754. The highest BCUT2D eigenvalue weighted by molar-refractivity contribution is 5.92. The van der Waals surface area contributed by atoms with Crippen LogP contribution in [0.15, 0.2) is 36.5 Å². The van der Waals surface area contributed by atoms with Crippen LogP contribution in [0.3, 0.4) is 0 Å². The first kappa shape index (κ1) is 15.4. The van der Waals surface area contributed by atoms with E-state index in [1.807, 2.05) is 23.1 Å². The van der Waals surface area contributed by atoms with Crippen molar-refractivity contribution in [3.63, 3.8) is 0 Å². The van der Waals surface area contributed by atoms with E-state index in [4.69, 9.17) is 0 Å². The van der Waals surface area contributed by atoms with E-state index in [-0.39, 0.29) is 5.91 Å². The van der Waals surface area contributed by atoms with Gasteiger partial charge in [-0.3, -0.25) is 9.78 Å². The zero-order valence-electron chi connectivity index (χ0n) is 13.1. The number of hydrogen-bond donors (Lipinski definition) is 1. The summed E-state index contributed by atoms with van der Waals surface area (Å²) in [6.07, 6.45) is 6.30. The zero-order valence-corrected chi connectivity index (χ0v) is 13.1. The standard InChI is InChI=1S/C17H21N5O/c23-17(22-11-5-1-2-6-12-22)15-8-9-16(21-20-15)19-13-14-7-3-4-10-18-14/h3-4,7-10H,1-2,5-6,11-13H2,(H,19,21). The van der Waals surface area contributed by atoms with E-state index < -0.39 is 0 Å². The van der Waals surface area contributed by atoms with Crippen LogP contribution in [0.2, 0.25) is 0 Å². The fourth-order valence-corrected chi connectivity index (χ4v) is 2.66. The van der Waals surface area contributed by atoms with E-state index in [0.717, 1.165) is 31.6 Å². The molecule has 3 heterocycles. The van der Waals surface area contributed by atoms with Gasteiger partial charge in [-0.1, -0.05) is 18.9 Å². The number of carbonyl (C=O) groups excluding carboxylic acids is 1. The van der Waals surface area contributed by atoms with E-state index >= 15 is 0 Å². The van der Waals surface area contributed by atoms with Gasteiger partial charge in [0.05, 0.1) is 12.2 Å². The molecule has 6 nitrogen and oxygen atoms in total. The lowest BCUT2D eigenvalue weighted by atomic mass is 10.2. The topological polar surface area (TPSA) is 71.0 Å². The first-order chi connectivity index (χ1) is 11.3. The lowest BCUT2D eigenvalue weighted by Crippen LogP contribution is -2.32. The highest BCUT2D eigenvalue weighted by Gasteiger charge is 2.18. The van der Waals surface area contributed by atoms with E-state index in [1.54, 1.807) is 18.3 Å². The van der Waals surface area contributed by atoms with Crippen LogP contribution in [0.1, 0.15) is 41.9 Å². The van der Waals surface area contributed by atoms with E-state index in [1.165, 1.54) is 12.8 Å². The molecule has 2 aromatic rings. The normalized spacial score (nSPS) is 15.0. The minimum atomic E-state index is -0.0179. The molecule has 0 aromatic carbocycles. The maximum atomic E-state index is 12.4. The predicted molar refractivity (Wildman–Crippen MR) is 88.0 cm³/mol. The molecule has 1 aliphatic rings. The Labute approximate surface area is 136 Å². The first-order valence-corrected chi connectivity index (χ1v) is 8.10. The van der Waals surface area contributed by atoms with Crippen molar-refractivity contribution >= 4 is 11.7 Å². The third kappa shape index (κ3) is 4.25. The molecular formula is C17H21N5O. The molecule has 6 heteroatoms. The second-order valence-corrected chi connectivity index (χ2v) is 5.68. The fraction of sp³-hybridized carbons (Fsp3) is 0.412. The molecule has 1 aliphatic heterocycles. The van der Waals surface area contributed by atoms with Crippen LogP contribution in [0.5, 0.6) is 0 Å². The highest BCUT2D eigenvalue weighted by atomic mass is 16.2. The van der Waals surface area contributed by atoms with Crippen molar-refractivity contribution in [1.29, 1.82) is 0 Å². The van der Waals surface area contributed by atoms with Gasteiger partial charge in [-0.25, -0.2) is 0 Å². The van der Waals surface area contributed by atoms with Crippen LogP contribution in [0.4, 0.5) is 5.82 Å². The van der Waals surface area contributed by atoms with Gasteiger partial charge in [0.2, 0.25) is 0 Å². The van der Waals surface area contributed by atoms with Gasteiger partial charge in [0.25, 0.3) is 5.91 Å². The van der Waals surface area contributed by atoms with Gasteiger partial charge < -0.3 is 10.2 Å². The number of rotatable bonds is 4. The Hall–Kier alpha value is -2.50. The Bertz CT molecular complexity index is 621. The van der Waals surface area contributed by atoms with Crippen molar-refractivity contribution in [2.45, 2.75) is 32.2 Å². The largest absolute Gasteiger partial charge is 0.363 e. The van der Waals surface area contributed by atoms with Crippen LogP contribution < -0.4 is 5.32 Å². The van der Waals surface area contributed by atoms with Crippen LogP contribution in [0, 0.1) is 0 Å². The number of pyridine rings is 1. The summed E-state index contributed by atoms with van der Waals surface area (Å²) in [6.45, 7) is 2.22. The van der Waals surface area contributed by atoms with Gasteiger partial charge in [0.1, 0.15) is 5.82 Å². The monoisotopic (exact) mass is 311 g/mol. The Kier molecular flexibility index (Phi) is 5.13. The molecule has 1 N–H and O–H groups in total. The Morgan fingerprint density at radius 3 is 2.52 bits per heavy atom. The second-order valence-electron chi connectivity index (χ2n) is 5.68. The molecule has 1 fully saturated rings. The van der Waals surface area contributed by atoms with Crippen LogP contribution in [-0.4, -0.2) is 39.1 Å². The Balaban J connectivity index is 1.59. The maximum absolute atomic E-state index is 12.4. The summed E-state index contributed by atoms with van der Waals surface area (Å²) < 4.78 is 0. The molecule has 23 heavy (non-hydrogen) atoms. The van der Waals surface area contributed by atoms with Gasteiger partial charge in [0.15, 0.2) is 5.69 Å². The summed E-state index contributed by atoms with van der Waals surface area (Å²) in [5, 5.41) is 11.3. The molecule has 1 saturated heterocycles. The Morgan fingerprint density at radius 2 is 1.87 bits per heavy atom. The van der Waals surface area contributed by atoms with Gasteiger partial charge in [-0.05, 0) is 37.1 Å². The molecule has 1 amide bonds. The molecule has 0 unspecified atom stereocenters. The minimum Gasteiger partial charge on any atom is -0.363 e. The summed E-state index contributed by atoms with van der Waals surface area (Å²) >= 11 is 0. The molecule has 0 aliphatic carbocycles. The van der Waals surface area contributed by atoms with Gasteiger partial charge in [-0.2, -0.15) is 0 Å². The predicted octanol–water partition coefficient (Wildman–Crippen LogP) is 2.50. The number of amides is 1. The number of likely N-dealkylation sites (tertiary alicyclic amines) is 1. The average molecular weight is 311 g/mol. The van der Waals surface area contributed by atoms with Crippen LogP contribution in [0.25, 0.3) is 0 Å². The number of nitrogens with zero attached hydrogens (tertiary/aromatic N) is 4. The molecule has 0 radical (unpaired) electrons. The average Bonchev–Trinajstić information content (AvgIpc) is 2.90. The summed E-state index contributed by atoms with van der Waals surface area (Å²) in [5.74, 6) is 0.624. The molecule has 0 bridgehead atoms. The van der Waals surface area contributed by atoms with Crippen molar-refractivity contribution in [3.8, 4) is 0 Å². The van der Waals surface area contributed by atoms with Crippen molar-refractivity contribution in [2.75, 3.05) is 18.4 Å². The smallest absolute Gasteiger partial charge is 0.274 e. The molecule has 0 spiro atoms. The van der Waals surface area contributed by atoms with E-state index in [2.05, 4.69) is 20.5 Å².